The monoisotopic (exact) mass is 428 g/mol. The molecule has 1 aliphatic heterocycles. The van der Waals surface area contributed by atoms with E-state index in [1.807, 2.05) is 11.0 Å². The lowest BCUT2D eigenvalue weighted by Gasteiger charge is -2.44. The van der Waals surface area contributed by atoms with Gasteiger partial charge in [0, 0.05) is 44.0 Å². The molecule has 164 valence electrons. The highest BCUT2D eigenvalue weighted by atomic mass is 19.3. The Bertz CT molecular complexity index is 994. The molecule has 1 aliphatic carbocycles. The average molecular weight is 428 g/mol. The summed E-state index contributed by atoms with van der Waals surface area (Å²) in [6, 6.07) is 6.98. The molecule has 1 atom stereocenters. The number of rotatable bonds is 5. The molecular formula is C22H26F2N6O. The van der Waals surface area contributed by atoms with Gasteiger partial charge in [-0.15, -0.1) is 0 Å². The Morgan fingerprint density at radius 2 is 2.06 bits per heavy atom. The Morgan fingerprint density at radius 1 is 1.29 bits per heavy atom. The van der Waals surface area contributed by atoms with Gasteiger partial charge in [0.25, 0.3) is 0 Å². The van der Waals surface area contributed by atoms with Crippen molar-refractivity contribution in [2.45, 2.75) is 56.7 Å². The van der Waals surface area contributed by atoms with Gasteiger partial charge in [0.05, 0.1) is 23.2 Å². The third-order valence-electron chi connectivity index (χ3n) is 6.29. The molecule has 0 bridgehead atoms. The van der Waals surface area contributed by atoms with Crippen molar-refractivity contribution in [3.63, 3.8) is 0 Å². The Kier molecular flexibility index (Phi) is 6.12. The molecule has 2 aromatic rings. The molecule has 0 spiro atoms. The van der Waals surface area contributed by atoms with Gasteiger partial charge < -0.3 is 10.6 Å². The fraction of sp³-hybridized carbons (Fsp3) is 0.545. The first-order valence-corrected chi connectivity index (χ1v) is 10.7. The molecule has 9 heteroatoms. The lowest BCUT2D eigenvalue weighted by molar-refractivity contribution is -0.148. The number of benzene rings is 1. The van der Waals surface area contributed by atoms with E-state index in [0.29, 0.717) is 31.4 Å². The maximum atomic E-state index is 13.7. The van der Waals surface area contributed by atoms with Crippen molar-refractivity contribution in [1.82, 2.24) is 20.2 Å². The normalized spacial score (nSPS) is 25.2. The number of piperazine rings is 1. The number of nitriles is 1. The first kappa shape index (κ1) is 21.5. The zero-order valence-electron chi connectivity index (χ0n) is 17.4. The van der Waals surface area contributed by atoms with Crippen molar-refractivity contribution in [1.29, 1.82) is 5.26 Å². The van der Waals surface area contributed by atoms with Crippen molar-refractivity contribution < 1.29 is 13.6 Å². The van der Waals surface area contributed by atoms with Crippen LogP contribution in [-0.2, 0) is 4.79 Å². The fourth-order valence-electron chi connectivity index (χ4n) is 4.68. The van der Waals surface area contributed by atoms with Crippen molar-refractivity contribution in [2.75, 3.05) is 25.0 Å². The van der Waals surface area contributed by atoms with Gasteiger partial charge in [-0.05, 0) is 43.9 Å². The molecule has 2 aliphatic rings. The number of anilines is 1. The minimum atomic E-state index is -3.32. The van der Waals surface area contributed by atoms with Gasteiger partial charge in [-0.25, -0.2) is 9.97 Å². The summed E-state index contributed by atoms with van der Waals surface area (Å²) in [6.45, 7) is 2.26. The number of alkyl halides is 2. The largest absolute Gasteiger partial charge is 0.367 e. The Hall–Kier alpha value is -2.70. The summed E-state index contributed by atoms with van der Waals surface area (Å²) in [6.07, 6.45) is 4.85. The number of nitrogens with zero attached hydrogens (tertiary/aromatic N) is 4. The van der Waals surface area contributed by atoms with Crippen LogP contribution in [0.25, 0.3) is 10.9 Å². The Balaban J connectivity index is 1.43. The SMILES string of the molecule is CC(F)(F)C(=O)C1CNCCN1C1CCC(Nc2ncnc3ccc(C#N)cc23)CC1. The molecule has 7 nitrogen and oxygen atoms in total. The molecule has 1 saturated heterocycles. The van der Waals surface area contributed by atoms with Crippen LogP contribution in [0.1, 0.15) is 38.2 Å². The van der Waals surface area contributed by atoms with E-state index >= 15 is 0 Å². The van der Waals surface area contributed by atoms with Gasteiger partial charge in [0.2, 0.25) is 5.78 Å². The standard InChI is InChI=1S/C22H26F2N6O/c1-22(23,24)20(31)19-12-26-8-9-30(19)16-5-3-15(4-6-16)29-21-17-10-14(11-25)2-7-18(17)27-13-28-21/h2,7,10,13,15-16,19,26H,3-6,8-9,12H2,1H3,(H,27,28,29). The van der Waals surface area contributed by atoms with Gasteiger partial charge in [-0.1, -0.05) is 0 Å². The van der Waals surface area contributed by atoms with Crippen LogP contribution in [0, 0.1) is 11.3 Å². The fourth-order valence-corrected chi connectivity index (χ4v) is 4.68. The molecule has 31 heavy (non-hydrogen) atoms. The minimum Gasteiger partial charge on any atom is -0.367 e. The topological polar surface area (TPSA) is 93.9 Å². The third kappa shape index (κ3) is 4.65. The number of nitrogens with one attached hydrogen (secondary N) is 2. The first-order chi connectivity index (χ1) is 14.9. The van der Waals surface area contributed by atoms with E-state index in [1.54, 1.807) is 12.1 Å². The average Bonchev–Trinajstić information content (AvgIpc) is 2.78. The summed E-state index contributed by atoms with van der Waals surface area (Å²) in [5.74, 6) is -3.62. The van der Waals surface area contributed by atoms with Crippen LogP contribution in [-0.4, -0.2) is 64.3 Å². The lowest BCUT2D eigenvalue weighted by Crippen LogP contribution is -2.61. The van der Waals surface area contributed by atoms with Crippen molar-refractivity contribution in [2.24, 2.45) is 0 Å². The number of fused-ring (bicyclic) bond motifs is 1. The molecule has 2 heterocycles. The van der Waals surface area contributed by atoms with E-state index in [2.05, 4.69) is 26.7 Å². The highest BCUT2D eigenvalue weighted by molar-refractivity contribution is 5.91. The van der Waals surface area contributed by atoms with Crippen molar-refractivity contribution >= 4 is 22.5 Å². The quantitative estimate of drug-likeness (QED) is 0.756. The van der Waals surface area contributed by atoms with E-state index in [1.165, 1.54) is 6.33 Å². The Labute approximate surface area is 179 Å². The van der Waals surface area contributed by atoms with Crippen LogP contribution in [0.4, 0.5) is 14.6 Å². The molecule has 1 aromatic heterocycles. The summed E-state index contributed by atoms with van der Waals surface area (Å²) < 4.78 is 27.4. The van der Waals surface area contributed by atoms with Gasteiger partial charge in [0.15, 0.2) is 0 Å². The third-order valence-corrected chi connectivity index (χ3v) is 6.29. The summed E-state index contributed by atoms with van der Waals surface area (Å²) in [4.78, 5) is 22.9. The van der Waals surface area contributed by atoms with E-state index < -0.39 is 17.7 Å². The molecule has 2 N–H and O–H groups in total. The number of Topliss-reactive ketones (excluding diaryl/α,β-unsaturated/α-hetero) is 1. The van der Waals surface area contributed by atoms with Crippen molar-refractivity contribution in [3.05, 3.63) is 30.1 Å². The second-order valence-corrected chi connectivity index (χ2v) is 8.43. The number of carbonyl (C=O) groups is 1. The van der Waals surface area contributed by atoms with Crippen LogP contribution < -0.4 is 10.6 Å². The summed E-state index contributed by atoms with van der Waals surface area (Å²) in [7, 11) is 0. The van der Waals surface area contributed by atoms with Gasteiger partial charge >= 0.3 is 5.92 Å². The molecule has 0 radical (unpaired) electrons. The number of hydrogen-bond acceptors (Lipinski definition) is 7. The van der Waals surface area contributed by atoms with Crippen LogP contribution in [0.15, 0.2) is 24.5 Å². The number of ketones is 1. The number of carbonyl (C=O) groups excluding carboxylic acids is 1. The summed E-state index contributed by atoms with van der Waals surface area (Å²) in [5.41, 5.74) is 1.32. The van der Waals surface area contributed by atoms with Crippen LogP contribution >= 0.6 is 0 Å². The molecular weight excluding hydrogens is 402 g/mol. The number of hydrogen-bond donors (Lipinski definition) is 2. The van der Waals surface area contributed by atoms with E-state index in [-0.39, 0.29) is 18.6 Å². The zero-order valence-corrected chi connectivity index (χ0v) is 17.4. The minimum absolute atomic E-state index is 0.115. The highest BCUT2D eigenvalue weighted by Gasteiger charge is 2.44. The zero-order chi connectivity index (χ0) is 22.0. The van der Waals surface area contributed by atoms with E-state index in [9.17, 15) is 18.8 Å². The van der Waals surface area contributed by atoms with Crippen LogP contribution in [0.5, 0.6) is 0 Å². The van der Waals surface area contributed by atoms with Crippen LogP contribution in [0.3, 0.4) is 0 Å². The number of halogens is 2. The van der Waals surface area contributed by atoms with Gasteiger partial charge in [-0.2, -0.15) is 14.0 Å². The lowest BCUT2D eigenvalue weighted by atomic mass is 9.88. The molecule has 2 fully saturated rings. The second kappa shape index (κ2) is 8.81. The first-order valence-electron chi connectivity index (χ1n) is 10.7. The summed E-state index contributed by atoms with van der Waals surface area (Å²) >= 11 is 0. The highest BCUT2D eigenvalue weighted by Crippen LogP contribution is 2.30. The molecule has 1 saturated carbocycles. The maximum Gasteiger partial charge on any atom is 0.304 e. The predicted octanol–water partition coefficient (Wildman–Crippen LogP) is 2.72. The predicted molar refractivity (Wildman–Crippen MR) is 113 cm³/mol. The van der Waals surface area contributed by atoms with Crippen LogP contribution in [0.2, 0.25) is 0 Å². The van der Waals surface area contributed by atoms with Crippen molar-refractivity contribution in [3.8, 4) is 6.07 Å². The van der Waals surface area contributed by atoms with Gasteiger partial charge in [-0.3, -0.25) is 9.69 Å². The maximum absolute atomic E-state index is 13.7. The number of aromatic nitrogens is 2. The Morgan fingerprint density at radius 3 is 2.77 bits per heavy atom. The molecule has 4 rings (SSSR count). The van der Waals surface area contributed by atoms with E-state index in [4.69, 9.17) is 0 Å². The molecule has 1 aromatic carbocycles. The molecule has 0 amide bonds. The summed E-state index contributed by atoms with van der Waals surface area (Å²) in [5, 5.41) is 16.5. The van der Waals surface area contributed by atoms with E-state index in [0.717, 1.165) is 36.6 Å². The molecule has 1 unspecified atom stereocenters. The second-order valence-electron chi connectivity index (χ2n) is 8.43. The van der Waals surface area contributed by atoms with Gasteiger partial charge in [0.1, 0.15) is 12.1 Å². The smallest absolute Gasteiger partial charge is 0.304 e.